The molecule has 1 atom stereocenters. The lowest BCUT2D eigenvalue weighted by atomic mass is 10.0. The summed E-state index contributed by atoms with van der Waals surface area (Å²) >= 11 is 0. The normalized spacial score (nSPS) is 11.5. The van der Waals surface area contributed by atoms with Gasteiger partial charge in [-0.25, -0.2) is 0 Å². The van der Waals surface area contributed by atoms with Gasteiger partial charge in [0, 0.05) is 19.5 Å². The van der Waals surface area contributed by atoms with E-state index < -0.39 is 6.04 Å². The number of carbonyl (C=O) groups excluding carboxylic acids is 2. The first kappa shape index (κ1) is 23.3. The lowest BCUT2D eigenvalue weighted by Gasteiger charge is -2.31. The molecular weight excluding hydrogens is 396 g/mol. The molecule has 1 unspecified atom stereocenters. The average Bonchev–Trinajstić information content (AvgIpc) is 2.83. The molecule has 4 nitrogen and oxygen atoms in total. The number of hydrogen-bond acceptors (Lipinski definition) is 2. The molecule has 4 heteroatoms. The summed E-state index contributed by atoms with van der Waals surface area (Å²) in [4.78, 5) is 28.6. The standard InChI is InChI=1S/C28H32N2O2/c1-2-3-19-29-28(32)26(20-23-13-7-4-8-14-23)30(22-25-17-11-6-12-18-25)27(31)21-24-15-9-5-10-16-24/h4-18,26H,2-3,19-22H2,1H3,(H,29,32). The minimum atomic E-state index is -0.578. The Labute approximate surface area is 191 Å². The molecule has 0 spiro atoms. The second-order valence-corrected chi connectivity index (χ2v) is 8.02. The summed E-state index contributed by atoms with van der Waals surface area (Å²) in [5.74, 6) is -0.147. The molecule has 3 aromatic rings. The molecule has 0 bridgehead atoms. The molecule has 0 aromatic heterocycles. The molecule has 0 fully saturated rings. The summed E-state index contributed by atoms with van der Waals surface area (Å²) in [6.07, 6.45) is 2.66. The van der Waals surface area contributed by atoms with Crippen molar-refractivity contribution in [1.82, 2.24) is 10.2 Å². The van der Waals surface area contributed by atoms with Crippen molar-refractivity contribution in [3.8, 4) is 0 Å². The highest BCUT2D eigenvalue weighted by Gasteiger charge is 2.30. The van der Waals surface area contributed by atoms with E-state index in [0.717, 1.165) is 29.5 Å². The SMILES string of the molecule is CCCCNC(=O)C(Cc1ccccc1)N(Cc1ccccc1)C(=O)Cc1ccccc1. The number of carbonyl (C=O) groups is 2. The molecule has 3 aromatic carbocycles. The molecule has 0 heterocycles. The first-order valence-electron chi connectivity index (χ1n) is 11.4. The third-order valence-electron chi connectivity index (χ3n) is 5.49. The fraction of sp³-hybridized carbons (Fsp3) is 0.286. The number of amides is 2. The van der Waals surface area contributed by atoms with Crippen molar-refractivity contribution in [3.63, 3.8) is 0 Å². The van der Waals surface area contributed by atoms with E-state index in [4.69, 9.17) is 0 Å². The third-order valence-corrected chi connectivity index (χ3v) is 5.49. The summed E-state index contributed by atoms with van der Waals surface area (Å²) < 4.78 is 0. The Morgan fingerprint density at radius 1 is 0.781 bits per heavy atom. The molecule has 166 valence electrons. The van der Waals surface area contributed by atoms with Gasteiger partial charge >= 0.3 is 0 Å². The number of nitrogens with one attached hydrogen (secondary N) is 1. The van der Waals surface area contributed by atoms with Gasteiger partial charge in [0.1, 0.15) is 6.04 Å². The van der Waals surface area contributed by atoms with Crippen molar-refractivity contribution in [3.05, 3.63) is 108 Å². The lowest BCUT2D eigenvalue weighted by Crippen LogP contribution is -2.51. The second kappa shape index (κ2) is 12.5. The van der Waals surface area contributed by atoms with Crippen LogP contribution in [0.3, 0.4) is 0 Å². The highest BCUT2D eigenvalue weighted by atomic mass is 16.2. The van der Waals surface area contributed by atoms with E-state index in [1.807, 2.05) is 91.0 Å². The Morgan fingerprint density at radius 2 is 1.31 bits per heavy atom. The van der Waals surface area contributed by atoms with Gasteiger partial charge in [-0.05, 0) is 23.1 Å². The topological polar surface area (TPSA) is 49.4 Å². The fourth-order valence-electron chi connectivity index (χ4n) is 3.71. The van der Waals surface area contributed by atoms with E-state index >= 15 is 0 Å². The molecule has 0 saturated heterocycles. The molecule has 3 rings (SSSR count). The minimum Gasteiger partial charge on any atom is -0.354 e. The van der Waals surface area contributed by atoms with Crippen LogP contribution in [0.1, 0.15) is 36.5 Å². The lowest BCUT2D eigenvalue weighted by molar-refractivity contribution is -0.140. The number of hydrogen-bond donors (Lipinski definition) is 1. The van der Waals surface area contributed by atoms with E-state index in [1.165, 1.54) is 0 Å². The van der Waals surface area contributed by atoms with Crippen molar-refractivity contribution < 1.29 is 9.59 Å². The maximum atomic E-state index is 13.5. The molecule has 0 radical (unpaired) electrons. The van der Waals surface area contributed by atoms with Gasteiger partial charge in [-0.3, -0.25) is 9.59 Å². The summed E-state index contributed by atoms with van der Waals surface area (Å²) in [6, 6.07) is 28.9. The van der Waals surface area contributed by atoms with Gasteiger partial charge in [0.15, 0.2) is 0 Å². The predicted molar refractivity (Wildman–Crippen MR) is 129 cm³/mol. The molecule has 0 aliphatic carbocycles. The van der Waals surface area contributed by atoms with Crippen LogP contribution in [0.15, 0.2) is 91.0 Å². The van der Waals surface area contributed by atoms with Crippen LogP contribution < -0.4 is 5.32 Å². The summed E-state index contributed by atoms with van der Waals surface area (Å²) in [5.41, 5.74) is 2.99. The minimum absolute atomic E-state index is 0.0494. The molecular formula is C28H32N2O2. The van der Waals surface area contributed by atoms with E-state index in [0.29, 0.717) is 19.5 Å². The van der Waals surface area contributed by atoms with Gasteiger partial charge in [0.2, 0.25) is 11.8 Å². The Balaban J connectivity index is 1.90. The van der Waals surface area contributed by atoms with E-state index in [2.05, 4.69) is 12.2 Å². The van der Waals surface area contributed by atoms with Gasteiger partial charge in [-0.1, -0.05) is 104 Å². The maximum absolute atomic E-state index is 13.5. The zero-order valence-corrected chi connectivity index (χ0v) is 18.7. The third kappa shape index (κ3) is 7.09. The predicted octanol–water partition coefficient (Wildman–Crippen LogP) is 4.79. The van der Waals surface area contributed by atoms with Crippen LogP contribution in [-0.4, -0.2) is 29.3 Å². The van der Waals surface area contributed by atoms with Crippen LogP contribution >= 0.6 is 0 Å². The van der Waals surface area contributed by atoms with Gasteiger partial charge in [0.05, 0.1) is 6.42 Å². The maximum Gasteiger partial charge on any atom is 0.243 e. The highest BCUT2D eigenvalue weighted by molar-refractivity contribution is 5.88. The second-order valence-electron chi connectivity index (χ2n) is 8.02. The average molecular weight is 429 g/mol. The molecule has 0 aliphatic heterocycles. The van der Waals surface area contributed by atoms with Crippen LogP contribution in [0.5, 0.6) is 0 Å². The van der Waals surface area contributed by atoms with Crippen molar-refractivity contribution in [2.45, 2.75) is 45.2 Å². The van der Waals surface area contributed by atoms with Gasteiger partial charge in [-0.15, -0.1) is 0 Å². The quantitative estimate of drug-likeness (QED) is 0.447. The van der Waals surface area contributed by atoms with Crippen molar-refractivity contribution >= 4 is 11.8 Å². The van der Waals surface area contributed by atoms with Crippen LogP contribution in [0, 0.1) is 0 Å². The first-order valence-corrected chi connectivity index (χ1v) is 11.4. The van der Waals surface area contributed by atoms with Gasteiger partial charge in [-0.2, -0.15) is 0 Å². The van der Waals surface area contributed by atoms with Gasteiger partial charge < -0.3 is 10.2 Å². The van der Waals surface area contributed by atoms with Crippen LogP contribution in [0.4, 0.5) is 0 Å². The monoisotopic (exact) mass is 428 g/mol. The zero-order valence-electron chi connectivity index (χ0n) is 18.7. The van der Waals surface area contributed by atoms with Crippen molar-refractivity contribution in [2.75, 3.05) is 6.54 Å². The van der Waals surface area contributed by atoms with Crippen molar-refractivity contribution in [1.29, 1.82) is 0 Å². The molecule has 0 saturated carbocycles. The van der Waals surface area contributed by atoms with Crippen LogP contribution in [0.2, 0.25) is 0 Å². The molecule has 0 aliphatic rings. The summed E-state index contributed by atoms with van der Waals surface area (Å²) in [6.45, 7) is 3.11. The largest absolute Gasteiger partial charge is 0.354 e. The Hall–Kier alpha value is -3.40. The molecule has 32 heavy (non-hydrogen) atoms. The highest BCUT2D eigenvalue weighted by Crippen LogP contribution is 2.16. The van der Waals surface area contributed by atoms with Crippen LogP contribution in [-0.2, 0) is 29.0 Å². The molecule has 1 N–H and O–H groups in total. The van der Waals surface area contributed by atoms with E-state index in [-0.39, 0.29) is 18.2 Å². The van der Waals surface area contributed by atoms with Crippen molar-refractivity contribution in [2.24, 2.45) is 0 Å². The summed E-state index contributed by atoms with van der Waals surface area (Å²) in [7, 11) is 0. The Bertz CT molecular complexity index is 958. The van der Waals surface area contributed by atoms with E-state index in [9.17, 15) is 9.59 Å². The summed E-state index contributed by atoms with van der Waals surface area (Å²) in [5, 5.41) is 3.06. The Morgan fingerprint density at radius 3 is 1.88 bits per heavy atom. The Kier molecular flexibility index (Phi) is 9.05. The number of benzene rings is 3. The number of unbranched alkanes of at least 4 members (excludes halogenated alkanes) is 1. The molecule has 2 amide bonds. The first-order chi connectivity index (χ1) is 15.7. The van der Waals surface area contributed by atoms with Gasteiger partial charge in [0.25, 0.3) is 0 Å². The smallest absolute Gasteiger partial charge is 0.243 e. The number of rotatable bonds is 11. The van der Waals surface area contributed by atoms with Crippen LogP contribution in [0.25, 0.3) is 0 Å². The van der Waals surface area contributed by atoms with E-state index in [1.54, 1.807) is 4.90 Å². The fourth-order valence-corrected chi connectivity index (χ4v) is 3.71. The zero-order chi connectivity index (χ0) is 22.6. The number of nitrogens with zero attached hydrogens (tertiary/aromatic N) is 1.